The predicted molar refractivity (Wildman–Crippen MR) is 117 cm³/mol. The number of carbonyl (C=O) groups excluding carboxylic acids is 1. The van der Waals surface area contributed by atoms with E-state index >= 15 is 0 Å². The lowest BCUT2D eigenvalue weighted by Crippen LogP contribution is -2.58. The number of nitrogens with zero attached hydrogens (tertiary/aromatic N) is 3. The van der Waals surface area contributed by atoms with Crippen LogP contribution in [-0.2, 0) is 4.79 Å². The van der Waals surface area contributed by atoms with Gasteiger partial charge in [0.15, 0.2) is 0 Å². The van der Waals surface area contributed by atoms with Crippen molar-refractivity contribution in [2.24, 2.45) is 5.73 Å². The number of amides is 1. The zero-order valence-electron chi connectivity index (χ0n) is 16.5. The van der Waals surface area contributed by atoms with Gasteiger partial charge in [0.1, 0.15) is 5.75 Å². The number of hydrogen-bond donors (Lipinski definition) is 1. The maximum atomic E-state index is 12.6. The average Bonchev–Trinajstić information content (AvgIpc) is 3.46. The first kappa shape index (κ1) is 23.1. The molecule has 1 unspecified atom stereocenters. The smallest absolute Gasteiger partial charge is 0.242 e. The van der Waals surface area contributed by atoms with Crippen LogP contribution in [0.1, 0.15) is 25.7 Å². The third-order valence-corrected chi connectivity index (χ3v) is 6.15. The topological polar surface area (TPSA) is 62.0 Å². The van der Waals surface area contributed by atoms with Crippen molar-refractivity contribution >= 4 is 36.4 Å². The van der Waals surface area contributed by atoms with Crippen LogP contribution in [0.2, 0.25) is 0 Å². The predicted octanol–water partition coefficient (Wildman–Crippen LogP) is 2.14. The van der Waals surface area contributed by atoms with Crippen LogP contribution in [0.15, 0.2) is 24.3 Å². The van der Waals surface area contributed by atoms with Crippen LogP contribution in [0.25, 0.3) is 0 Å². The van der Waals surface area contributed by atoms with Gasteiger partial charge in [0, 0.05) is 45.3 Å². The van der Waals surface area contributed by atoms with E-state index in [1.807, 2.05) is 17.0 Å². The lowest BCUT2D eigenvalue weighted by Gasteiger charge is -2.44. The Morgan fingerprint density at radius 3 is 2.43 bits per heavy atom. The molecule has 1 amide bonds. The maximum absolute atomic E-state index is 12.6. The number of piperazine rings is 1. The van der Waals surface area contributed by atoms with E-state index < -0.39 is 5.54 Å². The zero-order chi connectivity index (χ0) is 18.1. The van der Waals surface area contributed by atoms with E-state index in [1.165, 1.54) is 12.1 Å². The number of methoxy groups -OCH3 is 1. The second-order valence-electron chi connectivity index (χ2n) is 7.90. The molecule has 2 saturated heterocycles. The highest BCUT2D eigenvalue weighted by Crippen LogP contribution is 2.35. The van der Waals surface area contributed by atoms with Gasteiger partial charge in [-0.25, -0.2) is 0 Å². The number of para-hydroxylation sites is 2. The van der Waals surface area contributed by atoms with Gasteiger partial charge in [-0.05, 0) is 37.8 Å². The minimum absolute atomic E-state index is 0. The van der Waals surface area contributed by atoms with Gasteiger partial charge in [-0.1, -0.05) is 12.1 Å². The Labute approximate surface area is 180 Å². The van der Waals surface area contributed by atoms with Gasteiger partial charge in [-0.3, -0.25) is 9.69 Å². The van der Waals surface area contributed by atoms with Crippen LogP contribution in [0, 0.1) is 0 Å². The molecule has 4 rings (SSSR count). The fourth-order valence-electron chi connectivity index (χ4n) is 4.32. The zero-order valence-corrected chi connectivity index (χ0v) is 18.1. The van der Waals surface area contributed by atoms with Crippen LogP contribution >= 0.6 is 24.8 Å². The molecule has 0 aromatic heterocycles. The van der Waals surface area contributed by atoms with Crippen molar-refractivity contribution < 1.29 is 9.53 Å². The van der Waals surface area contributed by atoms with Crippen molar-refractivity contribution in [3.63, 3.8) is 0 Å². The van der Waals surface area contributed by atoms with Crippen molar-refractivity contribution in [2.45, 2.75) is 37.3 Å². The highest BCUT2D eigenvalue weighted by atomic mass is 35.5. The molecule has 1 aliphatic carbocycles. The monoisotopic (exact) mass is 430 g/mol. The lowest BCUT2D eigenvalue weighted by molar-refractivity contribution is -0.135. The molecule has 3 aliphatic rings. The van der Waals surface area contributed by atoms with Crippen molar-refractivity contribution in [3.8, 4) is 5.75 Å². The van der Waals surface area contributed by atoms with E-state index in [1.54, 1.807) is 7.11 Å². The molecule has 2 aliphatic heterocycles. The van der Waals surface area contributed by atoms with Crippen LogP contribution in [-0.4, -0.2) is 73.7 Å². The Balaban J connectivity index is 0.00000140. The lowest BCUT2D eigenvalue weighted by atomic mass is 10.0. The van der Waals surface area contributed by atoms with Crippen molar-refractivity contribution in [1.82, 2.24) is 9.80 Å². The molecule has 6 nitrogen and oxygen atoms in total. The normalized spacial score (nSPS) is 24.0. The van der Waals surface area contributed by atoms with Crippen molar-refractivity contribution in [2.75, 3.05) is 51.3 Å². The number of anilines is 1. The van der Waals surface area contributed by atoms with Gasteiger partial charge in [-0.15, -0.1) is 24.8 Å². The Kier molecular flexibility index (Phi) is 7.85. The first-order valence-corrected chi connectivity index (χ1v) is 9.81. The molecule has 158 valence electrons. The Morgan fingerprint density at radius 2 is 1.79 bits per heavy atom. The molecule has 1 atom stereocenters. The van der Waals surface area contributed by atoms with Gasteiger partial charge in [0.05, 0.1) is 18.3 Å². The maximum Gasteiger partial charge on any atom is 0.242 e. The second kappa shape index (κ2) is 9.53. The van der Waals surface area contributed by atoms with Gasteiger partial charge in [0.2, 0.25) is 5.91 Å². The van der Waals surface area contributed by atoms with Gasteiger partial charge < -0.3 is 20.3 Å². The summed E-state index contributed by atoms with van der Waals surface area (Å²) in [4.78, 5) is 19.6. The molecule has 28 heavy (non-hydrogen) atoms. The fourth-order valence-corrected chi connectivity index (χ4v) is 4.32. The molecule has 1 aromatic carbocycles. The SMILES string of the molecule is COc1ccccc1N1CCN(C2CCCN(C(=O)C3(N)CC3)C2)CC1.Cl.Cl. The van der Waals surface area contributed by atoms with Crippen LogP contribution < -0.4 is 15.4 Å². The van der Waals surface area contributed by atoms with E-state index in [2.05, 4.69) is 21.9 Å². The van der Waals surface area contributed by atoms with Crippen LogP contribution in [0.4, 0.5) is 5.69 Å². The standard InChI is InChI=1S/C20H30N4O2.2ClH/c1-26-18-7-3-2-6-17(18)23-13-11-22(12-14-23)16-5-4-10-24(15-16)19(25)20(21)8-9-20;;/h2-3,6-7,16H,4-5,8-15,21H2,1H3;2*1H. The molecule has 0 bridgehead atoms. The Morgan fingerprint density at radius 1 is 1.11 bits per heavy atom. The third-order valence-electron chi connectivity index (χ3n) is 6.15. The quantitative estimate of drug-likeness (QED) is 0.792. The number of halogens is 2. The van der Waals surface area contributed by atoms with E-state index in [0.29, 0.717) is 6.04 Å². The fraction of sp³-hybridized carbons (Fsp3) is 0.650. The summed E-state index contributed by atoms with van der Waals surface area (Å²) in [6.07, 6.45) is 3.96. The largest absolute Gasteiger partial charge is 0.495 e. The molecule has 8 heteroatoms. The molecule has 1 saturated carbocycles. The highest BCUT2D eigenvalue weighted by Gasteiger charge is 2.49. The minimum atomic E-state index is -0.537. The first-order valence-electron chi connectivity index (χ1n) is 9.81. The Bertz CT molecular complexity index is 663. The molecule has 1 aromatic rings. The molecule has 3 fully saturated rings. The summed E-state index contributed by atoms with van der Waals surface area (Å²) in [5.74, 6) is 1.11. The molecule has 2 N–H and O–H groups in total. The second-order valence-corrected chi connectivity index (χ2v) is 7.90. The summed E-state index contributed by atoms with van der Waals surface area (Å²) in [5, 5.41) is 0. The first-order chi connectivity index (χ1) is 12.6. The van der Waals surface area contributed by atoms with Crippen LogP contribution in [0.5, 0.6) is 5.75 Å². The molecule has 0 radical (unpaired) electrons. The Hall–Kier alpha value is -1.21. The average molecular weight is 431 g/mol. The summed E-state index contributed by atoms with van der Waals surface area (Å²) >= 11 is 0. The number of hydrogen-bond acceptors (Lipinski definition) is 5. The minimum Gasteiger partial charge on any atom is -0.495 e. The summed E-state index contributed by atoms with van der Waals surface area (Å²) < 4.78 is 5.51. The molecular weight excluding hydrogens is 399 g/mol. The number of piperidine rings is 1. The number of carbonyl (C=O) groups is 1. The van der Waals surface area contributed by atoms with E-state index in [0.717, 1.165) is 64.3 Å². The number of benzene rings is 1. The summed E-state index contributed by atoms with van der Waals surface area (Å²) in [6.45, 7) is 5.75. The molecule has 2 heterocycles. The van der Waals surface area contributed by atoms with E-state index in [9.17, 15) is 4.79 Å². The van der Waals surface area contributed by atoms with E-state index in [-0.39, 0.29) is 30.7 Å². The number of nitrogens with two attached hydrogens (primary N) is 1. The van der Waals surface area contributed by atoms with Gasteiger partial charge >= 0.3 is 0 Å². The van der Waals surface area contributed by atoms with Crippen molar-refractivity contribution in [3.05, 3.63) is 24.3 Å². The summed E-state index contributed by atoms with van der Waals surface area (Å²) in [6, 6.07) is 8.69. The number of rotatable bonds is 4. The summed E-state index contributed by atoms with van der Waals surface area (Å²) in [7, 11) is 1.73. The third kappa shape index (κ3) is 4.67. The van der Waals surface area contributed by atoms with Crippen molar-refractivity contribution in [1.29, 1.82) is 0 Å². The highest BCUT2D eigenvalue weighted by molar-refractivity contribution is 5.89. The van der Waals surface area contributed by atoms with Crippen LogP contribution in [0.3, 0.4) is 0 Å². The number of ether oxygens (including phenoxy) is 1. The van der Waals surface area contributed by atoms with Gasteiger partial charge in [-0.2, -0.15) is 0 Å². The van der Waals surface area contributed by atoms with E-state index in [4.69, 9.17) is 10.5 Å². The molecule has 0 spiro atoms. The molecular formula is C20H32Cl2N4O2. The van der Waals surface area contributed by atoms with Gasteiger partial charge in [0.25, 0.3) is 0 Å². The summed E-state index contributed by atoms with van der Waals surface area (Å²) in [5.41, 5.74) is 6.77. The number of likely N-dealkylation sites (tertiary alicyclic amines) is 1.